The van der Waals surface area contributed by atoms with E-state index in [1.165, 1.54) is 10.9 Å². The van der Waals surface area contributed by atoms with Crippen molar-refractivity contribution in [1.82, 2.24) is 14.5 Å². The number of hydrogen-bond donors (Lipinski definition) is 1. The van der Waals surface area contributed by atoms with Crippen LogP contribution in [0.1, 0.15) is 12.8 Å². The fourth-order valence-corrected chi connectivity index (χ4v) is 1.84. The van der Waals surface area contributed by atoms with Crippen LogP contribution in [-0.4, -0.2) is 45.3 Å². The maximum Gasteiger partial charge on any atom is 0.329 e. The maximum atomic E-state index is 11.8. The molecule has 0 aliphatic carbocycles. The van der Waals surface area contributed by atoms with Gasteiger partial charge >= 0.3 is 6.03 Å². The molecule has 5 heteroatoms. The average molecular weight is 209 g/mol. The molecule has 82 valence electrons. The molecule has 1 aromatic rings. The zero-order valence-electron chi connectivity index (χ0n) is 8.54. The van der Waals surface area contributed by atoms with Crippen molar-refractivity contribution < 1.29 is 9.90 Å². The Morgan fingerprint density at radius 3 is 2.73 bits per heavy atom. The van der Waals surface area contributed by atoms with E-state index in [0.717, 1.165) is 25.9 Å². The largest absolute Gasteiger partial charge is 0.396 e. The Morgan fingerprint density at radius 1 is 1.47 bits per heavy atom. The summed E-state index contributed by atoms with van der Waals surface area (Å²) in [5.41, 5.74) is 0. The molecule has 0 atom stereocenters. The van der Waals surface area contributed by atoms with Crippen LogP contribution in [0.5, 0.6) is 0 Å². The standard InChI is InChI=1S/C10H15N3O2/c14-7-9-1-4-12(5-2-9)10(15)13-6-3-11-8-13/h3,6,8-9,14H,1-2,4-5,7H2. The van der Waals surface area contributed by atoms with Gasteiger partial charge in [-0.25, -0.2) is 9.78 Å². The van der Waals surface area contributed by atoms with Crippen molar-refractivity contribution in [3.8, 4) is 0 Å². The number of imidazole rings is 1. The zero-order chi connectivity index (χ0) is 10.7. The summed E-state index contributed by atoms with van der Waals surface area (Å²) in [6.07, 6.45) is 6.53. The molecule has 0 bridgehead atoms. The van der Waals surface area contributed by atoms with E-state index in [2.05, 4.69) is 4.98 Å². The number of amides is 1. The summed E-state index contributed by atoms with van der Waals surface area (Å²) in [6.45, 7) is 1.68. The van der Waals surface area contributed by atoms with Crippen LogP contribution < -0.4 is 0 Å². The molecule has 1 amide bonds. The predicted octanol–water partition coefficient (Wildman–Crippen LogP) is 0.556. The first-order valence-corrected chi connectivity index (χ1v) is 5.19. The molecule has 0 aromatic carbocycles. The van der Waals surface area contributed by atoms with Gasteiger partial charge in [0, 0.05) is 32.1 Å². The first-order chi connectivity index (χ1) is 7.31. The third-order valence-electron chi connectivity index (χ3n) is 2.87. The second-order valence-corrected chi connectivity index (χ2v) is 3.87. The lowest BCUT2D eigenvalue weighted by Crippen LogP contribution is -2.41. The molecule has 1 aromatic heterocycles. The van der Waals surface area contributed by atoms with Crippen LogP contribution in [0.25, 0.3) is 0 Å². The van der Waals surface area contributed by atoms with E-state index in [4.69, 9.17) is 5.11 Å². The van der Waals surface area contributed by atoms with Crippen LogP contribution in [0.3, 0.4) is 0 Å². The molecule has 1 saturated heterocycles. The van der Waals surface area contributed by atoms with Gasteiger partial charge in [0.1, 0.15) is 6.33 Å². The number of piperidine rings is 1. The van der Waals surface area contributed by atoms with Gasteiger partial charge in [0.25, 0.3) is 0 Å². The molecule has 1 aliphatic rings. The quantitative estimate of drug-likeness (QED) is 0.735. The molecule has 5 nitrogen and oxygen atoms in total. The van der Waals surface area contributed by atoms with Gasteiger partial charge in [-0.1, -0.05) is 0 Å². The minimum absolute atomic E-state index is 0.0242. The van der Waals surface area contributed by atoms with Crippen LogP contribution in [0.15, 0.2) is 18.7 Å². The van der Waals surface area contributed by atoms with E-state index in [0.29, 0.717) is 5.92 Å². The molecule has 15 heavy (non-hydrogen) atoms. The number of carbonyl (C=O) groups excluding carboxylic acids is 1. The summed E-state index contributed by atoms with van der Waals surface area (Å²) in [4.78, 5) is 17.5. The number of hydrogen-bond acceptors (Lipinski definition) is 3. The molecule has 2 rings (SSSR count). The lowest BCUT2D eigenvalue weighted by atomic mass is 9.98. The van der Waals surface area contributed by atoms with E-state index in [9.17, 15) is 4.79 Å². The van der Waals surface area contributed by atoms with E-state index in [1.807, 2.05) is 0 Å². The number of aliphatic hydroxyl groups excluding tert-OH is 1. The van der Waals surface area contributed by atoms with Crippen molar-refractivity contribution in [1.29, 1.82) is 0 Å². The summed E-state index contributed by atoms with van der Waals surface area (Å²) >= 11 is 0. The molecule has 1 N–H and O–H groups in total. The van der Waals surface area contributed by atoms with Gasteiger partial charge < -0.3 is 10.0 Å². The number of nitrogens with zero attached hydrogens (tertiary/aromatic N) is 3. The van der Waals surface area contributed by atoms with Gasteiger partial charge in [0.2, 0.25) is 0 Å². The van der Waals surface area contributed by atoms with Crippen molar-refractivity contribution in [3.63, 3.8) is 0 Å². The molecule has 0 saturated carbocycles. The van der Waals surface area contributed by atoms with Crippen LogP contribution in [0, 0.1) is 5.92 Å². The molecule has 0 spiro atoms. The molecule has 1 fully saturated rings. The van der Waals surface area contributed by atoms with Gasteiger partial charge in [-0.15, -0.1) is 0 Å². The highest BCUT2D eigenvalue weighted by molar-refractivity contribution is 5.76. The number of aromatic nitrogens is 2. The fourth-order valence-electron chi connectivity index (χ4n) is 1.84. The van der Waals surface area contributed by atoms with Crippen molar-refractivity contribution >= 4 is 6.03 Å². The van der Waals surface area contributed by atoms with Crippen LogP contribution in [0.4, 0.5) is 4.79 Å². The number of carbonyl (C=O) groups is 1. The SMILES string of the molecule is O=C(N1CCC(CO)CC1)n1ccnc1. The Morgan fingerprint density at radius 2 is 2.20 bits per heavy atom. The second kappa shape index (κ2) is 4.44. The summed E-state index contributed by atoms with van der Waals surface area (Å²) < 4.78 is 1.49. The fraction of sp³-hybridized carbons (Fsp3) is 0.600. The van der Waals surface area contributed by atoms with Crippen molar-refractivity contribution in [3.05, 3.63) is 18.7 Å². The zero-order valence-corrected chi connectivity index (χ0v) is 8.54. The third-order valence-corrected chi connectivity index (χ3v) is 2.87. The number of likely N-dealkylation sites (tertiary alicyclic amines) is 1. The van der Waals surface area contributed by atoms with E-state index < -0.39 is 0 Å². The van der Waals surface area contributed by atoms with Crippen LogP contribution in [-0.2, 0) is 0 Å². The van der Waals surface area contributed by atoms with Crippen LogP contribution in [0.2, 0.25) is 0 Å². The first-order valence-electron chi connectivity index (χ1n) is 5.19. The molecular formula is C10H15N3O2. The summed E-state index contributed by atoms with van der Waals surface area (Å²) in [6, 6.07) is -0.0242. The van der Waals surface area contributed by atoms with Gasteiger partial charge in [0.05, 0.1) is 0 Å². The van der Waals surface area contributed by atoms with Crippen molar-refractivity contribution in [2.45, 2.75) is 12.8 Å². The van der Waals surface area contributed by atoms with E-state index >= 15 is 0 Å². The number of aliphatic hydroxyl groups is 1. The Bertz CT molecular complexity index is 315. The second-order valence-electron chi connectivity index (χ2n) is 3.87. The van der Waals surface area contributed by atoms with Gasteiger partial charge in [-0.05, 0) is 18.8 Å². The minimum atomic E-state index is -0.0242. The third kappa shape index (κ3) is 2.18. The molecule has 0 radical (unpaired) electrons. The van der Waals surface area contributed by atoms with E-state index in [-0.39, 0.29) is 12.6 Å². The van der Waals surface area contributed by atoms with Gasteiger partial charge in [-0.3, -0.25) is 4.57 Å². The Labute approximate surface area is 88.3 Å². The van der Waals surface area contributed by atoms with Crippen LogP contribution >= 0.6 is 0 Å². The summed E-state index contributed by atoms with van der Waals surface area (Å²) in [5, 5.41) is 8.98. The summed E-state index contributed by atoms with van der Waals surface area (Å²) in [7, 11) is 0. The van der Waals surface area contributed by atoms with Crippen molar-refractivity contribution in [2.24, 2.45) is 5.92 Å². The first kappa shape index (κ1) is 10.2. The molecule has 2 heterocycles. The van der Waals surface area contributed by atoms with Gasteiger partial charge in [-0.2, -0.15) is 0 Å². The number of rotatable bonds is 1. The monoisotopic (exact) mass is 209 g/mol. The molecule has 1 aliphatic heterocycles. The van der Waals surface area contributed by atoms with Gasteiger partial charge in [0.15, 0.2) is 0 Å². The lowest BCUT2D eigenvalue weighted by Gasteiger charge is -2.30. The minimum Gasteiger partial charge on any atom is -0.396 e. The highest BCUT2D eigenvalue weighted by Gasteiger charge is 2.22. The highest BCUT2D eigenvalue weighted by atomic mass is 16.3. The van der Waals surface area contributed by atoms with Crippen molar-refractivity contribution in [2.75, 3.05) is 19.7 Å². The Hall–Kier alpha value is -1.36. The Balaban J connectivity index is 1.93. The topological polar surface area (TPSA) is 58.4 Å². The smallest absolute Gasteiger partial charge is 0.329 e. The normalized spacial score (nSPS) is 18.1. The van der Waals surface area contributed by atoms with E-state index in [1.54, 1.807) is 17.3 Å². The lowest BCUT2D eigenvalue weighted by molar-refractivity contribution is 0.138. The maximum absolute atomic E-state index is 11.8. The highest BCUT2D eigenvalue weighted by Crippen LogP contribution is 2.16. The summed E-state index contributed by atoms with van der Waals surface area (Å²) in [5.74, 6) is 0.358. The molecule has 0 unspecified atom stereocenters. The predicted molar refractivity (Wildman–Crippen MR) is 54.4 cm³/mol. The molecular weight excluding hydrogens is 194 g/mol. The average Bonchev–Trinajstić information content (AvgIpc) is 2.82. The Kier molecular flexibility index (Phi) is 3.01.